The number of aryl methyl sites for hydroxylation is 1. The van der Waals surface area contributed by atoms with Gasteiger partial charge in [0.05, 0.1) is 0 Å². The molecule has 0 spiro atoms. The summed E-state index contributed by atoms with van der Waals surface area (Å²) in [5.74, 6) is -0.834. The number of hydrogen-bond donors (Lipinski definition) is 1. The van der Waals surface area contributed by atoms with Crippen LogP contribution in [0.15, 0.2) is 46.9 Å². The molecule has 0 aliphatic carbocycles. The Morgan fingerprint density at radius 2 is 1.96 bits per heavy atom. The summed E-state index contributed by atoms with van der Waals surface area (Å²) in [6.07, 6.45) is 0.116. The van der Waals surface area contributed by atoms with Gasteiger partial charge in [0.1, 0.15) is 5.82 Å². The van der Waals surface area contributed by atoms with Gasteiger partial charge in [-0.15, -0.1) is 0 Å². The highest BCUT2D eigenvalue weighted by Gasteiger charge is 2.14. The molecule has 0 atom stereocenters. The minimum atomic E-state index is -0.413. The van der Waals surface area contributed by atoms with Crippen LogP contribution in [0.1, 0.15) is 18.9 Å². The van der Waals surface area contributed by atoms with Crippen molar-refractivity contribution in [3.8, 4) is 0 Å². The minimum absolute atomic E-state index is 0.116. The molecule has 0 radical (unpaired) electrons. The molecule has 0 unspecified atom stereocenters. The lowest BCUT2D eigenvalue weighted by Crippen LogP contribution is -2.32. The first kappa shape index (κ1) is 18.1. The zero-order chi connectivity index (χ0) is 17.7. The maximum atomic E-state index is 13.1. The number of anilines is 2. The first-order valence-corrected chi connectivity index (χ1v) is 8.26. The normalized spacial score (nSPS) is 10.3. The second-order valence-electron chi connectivity index (χ2n) is 5.41. The molecule has 0 aliphatic heterocycles. The molecule has 2 amide bonds. The van der Waals surface area contributed by atoms with Gasteiger partial charge >= 0.3 is 0 Å². The molecule has 2 aromatic rings. The molecule has 0 aliphatic rings. The number of carbonyl (C=O) groups excluding carboxylic acids is 2. The SMILES string of the molecule is CC(=O)N(CCC(=O)Nc1cccc(F)c1)c1ccc(Br)c(C)c1. The predicted octanol–water partition coefficient (Wildman–Crippen LogP) is 4.28. The van der Waals surface area contributed by atoms with Crippen molar-refractivity contribution in [3.63, 3.8) is 0 Å². The van der Waals surface area contributed by atoms with Gasteiger partial charge in [-0.2, -0.15) is 0 Å². The number of nitrogens with zero attached hydrogens (tertiary/aromatic N) is 1. The lowest BCUT2D eigenvalue weighted by Gasteiger charge is -2.21. The molecule has 0 bridgehead atoms. The van der Waals surface area contributed by atoms with E-state index in [2.05, 4.69) is 21.2 Å². The Kier molecular flexibility index (Phi) is 6.09. The van der Waals surface area contributed by atoms with Crippen LogP contribution in [0.3, 0.4) is 0 Å². The molecule has 0 saturated heterocycles. The molecule has 24 heavy (non-hydrogen) atoms. The fourth-order valence-electron chi connectivity index (χ4n) is 2.27. The number of hydrogen-bond acceptors (Lipinski definition) is 2. The first-order chi connectivity index (χ1) is 11.4. The van der Waals surface area contributed by atoms with Crippen LogP contribution in [-0.2, 0) is 9.59 Å². The first-order valence-electron chi connectivity index (χ1n) is 7.46. The van der Waals surface area contributed by atoms with E-state index in [1.807, 2.05) is 25.1 Å². The molecule has 6 heteroatoms. The Labute approximate surface area is 148 Å². The molecule has 0 fully saturated rings. The van der Waals surface area contributed by atoms with E-state index in [0.717, 1.165) is 15.7 Å². The Bertz CT molecular complexity index is 764. The van der Waals surface area contributed by atoms with Crippen LogP contribution >= 0.6 is 15.9 Å². The number of carbonyl (C=O) groups is 2. The smallest absolute Gasteiger partial charge is 0.226 e. The van der Waals surface area contributed by atoms with E-state index in [4.69, 9.17) is 0 Å². The van der Waals surface area contributed by atoms with Gasteiger partial charge in [-0.1, -0.05) is 22.0 Å². The zero-order valence-electron chi connectivity index (χ0n) is 13.5. The van der Waals surface area contributed by atoms with Gasteiger partial charge in [-0.25, -0.2) is 4.39 Å². The molecule has 0 aromatic heterocycles. The van der Waals surface area contributed by atoms with Crippen LogP contribution < -0.4 is 10.2 Å². The van der Waals surface area contributed by atoms with Gasteiger partial charge in [0, 0.05) is 35.7 Å². The topological polar surface area (TPSA) is 49.4 Å². The molecule has 0 heterocycles. The van der Waals surface area contributed by atoms with Crippen LogP contribution in [0.25, 0.3) is 0 Å². The van der Waals surface area contributed by atoms with Crippen molar-refractivity contribution in [2.24, 2.45) is 0 Å². The van der Waals surface area contributed by atoms with Crippen LogP contribution in [0, 0.1) is 12.7 Å². The summed E-state index contributed by atoms with van der Waals surface area (Å²) in [7, 11) is 0. The molecule has 1 N–H and O–H groups in total. The van der Waals surface area contributed by atoms with E-state index >= 15 is 0 Å². The van der Waals surface area contributed by atoms with Gasteiger partial charge in [-0.05, 0) is 48.9 Å². The van der Waals surface area contributed by atoms with Crippen molar-refractivity contribution in [1.82, 2.24) is 0 Å². The summed E-state index contributed by atoms with van der Waals surface area (Å²) in [4.78, 5) is 25.5. The van der Waals surface area contributed by atoms with E-state index in [9.17, 15) is 14.0 Å². The van der Waals surface area contributed by atoms with Crippen LogP contribution in [-0.4, -0.2) is 18.4 Å². The minimum Gasteiger partial charge on any atom is -0.326 e. The Morgan fingerprint density at radius 3 is 2.58 bits per heavy atom. The second kappa shape index (κ2) is 8.06. The highest BCUT2D eigenvalue weighted by Crippen LogP contribution is 2.23. The van der Waals surface area contributed by atoms with Crippen molar-refractivity contribution in [2.75, 3.05) is 16.8 Å². The van der Waals surface area contributed by atoms with E-state index in [-0.39, 0.29) is 24.8 Å². The third-order valence-corrected chi connectivity index (χ3v) is 4.39. The van der Waals surface area contributed by atoms with Crippen LogP contribution in [0.2, 0.25) is 0 Å². The van der Waals surface area contributed by atoms with Crippen molar-refractivity contribution >= 4 is 39.1 Å². The number of rotatable bonds is 5. The average molecular weight is 393 g/mol. The third kappa shape index (κ3) is 4.89. The van der Waals surface area contributed by atoms with Crippen molar-refractivity contribution in [3.05, 3.63) is 58.3 Å². The molecular formula is C18H18BrFN2O2. The van der Waals surface area contributed by atoms with Gasteiger partial charge in [0.2, 0.25) is 11.8 Å². The van der Waals surface area contributed by atoms with Gasteiger partial charge in [0.25, 0.3) is 0 Å². The highest BCUT2D eigenvalue weighted by molar-refractivity contribution is 9.10. The van der Waals surface area contributed by atoms with E-state index in [0.29, 0.717) is 5.69 Å². The van der Waals surface area contributed by atoms with Gasteiger partial charge < -0.3 is 10.2 Å². The summed E-state index contributed by atoms with van der Waals surface area (Å²) in [6, 6.07) is 11.3. The molecule has 0 saturated carbocycles. The second-order valence-corrected chi connectivity index (χ2v) is 6.27. The van der Waals surface area contributed by atoms with Crippen LogP contribution in [0.5, 0.6) is 0 Å². The Balaban J connectivity index is 2.02. The summed E-state index contributed by atoms with van der Waals surface area (Å²) >= 11 is 3.42. The average Bonchev–Trinajstić information content (AvgIpc) is 2.50. The quantitative estimate of drug-likeness (QED) is 0.825. The van der Waals surface area contributed by atoms with Crippen LogP contribution in [0.4, 0.5) is 15.8 Å². The molecule has 2 aromatic carbocycles. The number of amides is 2. The Morgan fingerprint density at radius 1 is 1.21 bits per heavy atom. The summed E-state index contributed by atoms with van der Waals surface area (Å²) in [5, 5.41) is 2.62. The maximum absolute atomic E-state index is 13.1. The lowest BCUT2D eigenvalue weighted by molar-refractivity contribution is -0.117. The fraction of sp³-hybridized carbons (Fsp3) is 0.222. The van der Waals surface area contributed by atoms with E-state index in [1.54, 1.807) is 11.0 Å². The lowest BCUT2D eigenvalue weighted by atomic mass is 10.2. The molecule has 2 rings (SSSR count). The summed E-state index contributed by atoms with van der Waals surface area (Å²) in [6.45, 7) is 3.64. The van der Waals surface area contributed by atoms with E-state index < -0.39 is 5.82 Å². The Hall–Kier alpha value is -2.21. The zero-order valence-corrected chi connectivity index (χ0v) is 15.1. The third-order valence-electron chi connectivity index (χ3n) is 3.50. The predicted molar refractivity (Wildman–Crippen MR) is 96.6 cm³/mol. The summed E-state index contributed by atoms with van der Waals surface area (Å²) < 4.78 is 14.1. The van der Waals surface area contributed by atoms with E-state index in [1.165, 1.54) is 25.1 Å². The maximum Gasteiger partial charge on any atom is 0.226 e. The standard InChI is InChI=1S/C18H18BrFN2O2/c1-12-10-16(6-7-17(12)19)22(13(2)23)9-8-18(24)21-15-5-3-4-14(20)11-15/h3-7,10-11H,8-9H2,1-2H3,(H,21,24). The van der Waals surface area contributed by atoms with Gasteiger partial charge in [-0.3, -0.25) is 9.59 Å². The van der Waals surface area contributed by atoms with Gasteiger partial charge in [0.15, 0.2) is 0 Å². The van der Waals surface area contributed by atoms with Crippen molar-refractivity contribution in [1.29, 1.82) is 0 Å². The van der Waals surface area contributed by atoms with Crippen molar-refractivity contribution < 1.29 is 14.0 Å². The molecule has 126 valence electrons. The highest BCUT2D eigenvalue weighted by atomic mass is 79.9. The fourth-order valence-corrected chi connectivity index (χ4v) is 2.51. The largest absolute Gasteiger partial charge is 0.326 e. The number of benzene rings is 2. The monoisotopic (exact) mass is 392 g/mol. The summed E-state index contributed by atoms with van der Waals surface area (Å²) in [5.41, 5.74) is 2.14. The molecular weight excluding hydrogens is 375 g/mol. The number of nitrogens with one attached hydrogen (secondary N) is 1. The van der Waals surface area contributed by atoms with Crippen molar-refractivity contribution in [2.45, 2.75) is 20.3 Å². The number of halogens is 2. The molecule has 4 nitrogen and oxygen atoms in total.